The summed E-state index contributed by atoms with van der Waals surface area (Å²) in [6, 6.07) is 10.3. The second kappa shape index (κ2) is 8.56. The molecular formula is C21H18N2O7. The Bertz CT molecular complexity index is 1070. The summed E-state index contributed by atoms with van der Waals surface area (Å²) in [6.45, 7) is 3.44. The maximum atomic E-state index is 12.2. The minimum atomic E-state index is -0.655. The number of hydrogen-bond acceptors (Lipinski definition) is 8. The van der Waals surface area contributed by atoms with E-state index in [9.17, 15) is 19.7 Å². The third kappa shape index (κ3) is 4.52. The molecule has 0 amide bonds. The summed E-state index contributed by atoms with van der Waals surface area (Å²) in [6.07, 6.45) is 1.50. The number of nitro groups is 1. The number of esters is 2. The zero-order chi connectivity index (χ0) is 21.8. The van der Waals surface area contributed by atoms with Crippen LogP contribution < -0.4 is 9.47 Å². The van der Waals surface area contributed by atoms with Crippen molar-refractivity contribution < 1.29 is 28.7 Å². The van der Waals surface area contributed by atoms with Gasteiger partial charge in [-0.3, -0.25) is 14.9 Å². The van der Waals surface area contributed by atoms with Gasteiger partial charge in [-0.2, -0.15) is 0 Å². The zero-order valence-corrected chi connectivity index (χ0v) is 16.4. The van der Waals surface area contributed by atoms with Gasteiger partial charge >= 0.3 is 11.9 Å². The molecule has 0 fully saturated rings. The van der Waals surface area contributed by atoms with Crippen LogP contribution in [0.4, 0.5) is 5.69 Å². The number of carbonyl (C=O) groups excluding carboxylic acids is 2. The van der Waals surface area contributed by atoms with Gasteiger partial charge in [0.15, 0.2) is 17.2 Å². The van der Waals surface area contributed by atoms with E-state index < -0.39 is 16.9 Å². The summed E-state index contributed by atoms with van der Waals surface area (Å²) in [5, 5.41) is 10.8. The van der Waals surface area contributed by atoms with Gasteiger partial charge in [-0.15, -0.1) is 0 Å². The van der Waals surface area contributed by atoms with Crippen molar-refractivity contribution >= 4 is 29.6 Å². The topological polar surface area (TPSA) is 117 Å². The number of carbonyl (C=O) groups is 2. The lowest BCUT2D eigenvalue weighted by Crippen LogP contribution is -2.15. The molecule has 1 heterocycles. The number of cyclic esters (lactones) is 1. The lowest BCUT2D eigenvalue weighted by atomic mass is 10.1. The van der Waals surface area contributed by atoms with Crippen LogP contribution in [0.25, 0.3) is 6.08 Å². The second-order valence-corrected chi connectivity index (χ2v) is 6.63. The Morgan fingerprint density at radius 1 is 1.17 bits per heavy atom. The Hall–Kier alpha value is -4.01. The maximum Gasteiger partial charge on any atom is 0.363 e. The number of nitro benzene ring substituents is 1. The van der Waals surface area contributed by atoms with Crippen LogP contribution in [0, 0.1) is 16.0 Å². The third-order valence-corrected chi connectivity index (χ3v) is 4.12. The van der Waals surface area contributed by atoms with E-state index in [0.717, 1.165) is 0 Å². The van der Waals surface area contributed by atoms with Crippen LogP contribution in [0.3, 0.4) is 0 Å². The van der Waals surface area contributed by atoms with Crippen molar-refractivity contribution in [3.05, 3.63) is 69.4 Å². The molecule has 154 valence electrons. The van der Waals surface area contributed by atoms with Gasteiger partial charge in [0.1, 0.15) is 0 Å². The molecule has 9 nitrogen and oxygen atoms in total. The third-order valence-electron chi connectivity index (χ3n) is 4.12. The molecular weight excluding hydrogens is 392 g/mol. The van der Waals surface area contributed by atoms with Crippen molar-refractivity contribution in [2.24, 2.45) is 10.9 Å². The molecule has 0 unspecified atom stereocenters. The maximum absolute atomic E-state index is 12.2. The van der Waals surface area contributed by atoms with Crippen LogP contribution in [-0.4, -0.2) is 29.9 Å². The monoisotopic (exact) mass is 410 g/mol. The number of ether oxygens (including phenoxy) is 3. The van der Waals surface area contributed by atoms with Gasteiger partial charge < -0.3 is 14.2 Å². The van der Waals surface area contributed by atoms with E-state index in [1.165, 1.54) is 37.5 Å². The first-order valence-electron chi connectivity index (χ1n) is 8.95. The molecule has 0 aliphatic carbocycles. The highest BCUT2D eigenvalue weighted by molar-refractivity contribution is 6.12. The number of rotatable bonds is 6. The van der Waals surface area contributed by atoms with E-state index in [1.807, 2.05) is 0 Å². The number of aliphatic imine (C=N–C) groups is 1. The molecule has 0 atom stereocenters. The lowest BCUT2D eigenvalue weighted by Gasteiger charge is -2.11. The lowest BCUT2D eigenvalue weighted by molar-refractivity contribution is -0.384. The summed E-state index contributed by atoms with van der Waals surface area (Å²) < 4.78 is 15.7. The van der Waals surface area contributed by atoms with Crippen molar-refractivity contribution in [3.8, 4) is 11.5 Å². The average Bonchev–Trinajstić information content (AvgIpc) is 3.09. The van der Waals surface area contributed by atoms with Crippen molar-refractivity contribution in [2.75, 3.05) is 7.11 Å². The molecule has 0 saturated carbocycles. The standard InChI is InChI=1S/C21H18N2O7/c1-12(2)20(24)29-17-9-4-13(11-18(17)28-3)10-16-21(25)30-19(22-16)14-5-7-15(8-6-14)23(26)27/h4-12H,1-3H3/b16-10-. The van der Waals surface area contributed by atoms with Crippen molar-refractivity contribution in [1.82, 2.24) is 0 Å². The zero-order valence-electron chi connectivity index (χ0n) is 16.4. The van der Waals surface area contributed by atoms with E-state index in [-0.39, 0.29) is 28.9 Å². The molecule has 0 bridgehead atoms. The van der Waals surface area contributed by atoms with Crippen LogP contribution in [0.15, 0.2) is 53.2 Å². The highest BCUT2D eigenvalue weighted by atomic mass is 16.6. The fourth-order valence-corrected chi connectivity index (χ4v) is 2.50. The number of non-ortho nitro benzene ring substituents is 1. The van der Waals surface area contributed by atoms with Crippen molar-refractivity contribution in [3.63, 3.8) is 0 Å². The first-order valence-corrected chi connectivity index (χ1v) is 8.95. The van der Waals surface area contributed by atoms with Crippen LogP contribution in [0.5, 0.6) is 11.5 Å². The van der Waals surface area contributed by atoms with Gasteiger partial charge in [0.2, 0.25) is 5.90 Å². The van der Waals surface area contributed by atoms with E-state index >= 15 is 0 Å². The van der Waals surface area contributed by atoms with Gasteiger partial charge in [0, 0.05) is 17.7 Å². The van der Waals surface area contributed by atoms with Gasteiger partial charge in [-0.1, -0.05) is 19.9 Å². The molecule has 1 aliphatic rings. The number of nitrogens with zero attached hydrogens (tertiary/aromatic N) is 2. The number of hydrogen-bond donors (Lipinski definition) is 0. The summed E-state index contributed by atoms with van der Waals surface area (Å²) in [4.78, 5) is 38.4. The quantitative estimate of drug-likeness (QED) is 0.235. The van der Waals surface area contributed by atoms with Gasteiger partial charge in [-0.25, -0.2) is 9.79 Å². The van der Waals surface area contributed by atoms with E-state index in [4.69, 9.17) is 14.2 Å². The minimum Gasteiger partial charge on any atom is -0.493 e. The molecule has 3 rings (SSSR count). The van der Waals surface area contributed by atoms with Gasteiger partial charge in [0.25, 0.3) is 5.69 Å². The average molecular weight is 410 g/mol. The summed E-state index contributed by atoms with van der Waals surface area (Å²) in [7, 11) is 1.44. The fraction of sp³-hybridized carbons (Fsp3) is 0.190. The summed E-state index contributed by atoms with van der Waals surface area (Å²) >= 11 is 0. The Labute approximate surface area is 171 Å². The smallest absolute Gasteiger partial charge is 0.363 e. The molecule has 9 heteroatoms. The van der Waals surface area contributed by atoms with Crippen molar-refractivity contribution in [2.45, 2.75) is 13.8 Å². The highest BCUT2D eigenvalue weighted by Crippen LogP contribution is 2.30. The van der Waals surface area contributed by atoms with Crippen LogP contribution in [0.1, 0.15) is 25.0 Å². The number of benzene rings is 2. The molecule has 0 aromatic heterocycles. The molecule has 1 aliphatic heterocycles. The van der Waals surface area contributed by atoms with Crippen LogP contribution >= 0.6 is 0 Å². The van der Waals surface area contributed by atoms with Crippen molar-refractivity contribution in [1.29, 1.82) is 0 Å². The molecule has 0 radical (unpaired) electrons. The molecule has 0 N–H and O–H groups in total. The highest BCUT2D eigenvalue weighted by Gasteiger charge is 2.25. The SMILES string of the molecule is COc1cc(/C=C2\N=C(c3ccc([N+](=O)[O-])cc3)OC2=O)ccc1OC(=O)C(C)C. The predicted octanol–water partition coefficient (Wildman–Crippen LogP) is 3.51. The summed E-state index contributed by atoms with van der Waals surface area (Å²) in [5.74, 6) is -0.701. The van der Waals surface area contributed by atoms with Gasteiger partial charge in [-0.05, 0) is 35.9 Å². The first-order chi connectivity index (χ1) is 14.3. The predicted molar refractivity (Wildman–Crippen MR) is 107 cm³/mol. The van der Waals surface area contributed by atoms with Gasteiger partial charge in [0.05, 0.1) is 18.0 Å². The normalized spacial score (nSPS) is 14.5. The Balaban J connectivity index is 1.86. The molecule has 0 saturated heterocycles. The number of methoxy groups -OCH3 is 1. The van der Waals surface area contributed by atoms with E-state index in [1.54, 1.807) is 32.0 Å². The molecule has 2 aromatic rings. The van der Waals surface area contributed by atoms with E-state index in [2.05, 4.69) is 4.99 Å². The molecule has 2 aromatic carbocycles. The Morgan fingerprint density at radius 3 is 2.47 bits per heavy atom. The molecule has 30 heavy (non-hydrogen) atoms. The van der Waals surface area contributed by atoms with E-state index in [0.29, 0.717) is 16.9 Å². The second-order valence-electron chi connectivity index (χ2n) is 6.63. The first kappa shape index (κ1) is 20.7. The largest absolute Gasteiger partial charge is 0.493 e. The Kier molecular flexibility index (Phi) is 5.91. The van der Waals surface area contributed by atoms with Crippen LogP contribution in [0.2, 0.25) is 0 Å². The Morgan fingerprint density at radius 2 is 1.87 bits per heavy atom. The fourth-order valence-electron chi connectivity index (χ4n) is 2.50. The summed E-state index contributed by atoms with van der Waals surface area (Å²) in [5.41, 5.74) is 0.991. The van der Waals surface area contributed by atoms with Crippen LogP contribution in [-0.2, 0) is 14.3 Å². The minimum absolute atomic E-state index is 0.0515. The molecule has 0 spiro atoms.